The normalized spacial score (nSPS) is 23.6. The third-order valence-corrected chi connectivity index (χ3v) is 5.50. The van der Waals surface area contributed by atoms with E-state index in [2.05, 4.69) is 10.6 Å². The fourth-order valence-electron chi connectivity index (χ4n) is 3.93. The van der Waals surface area contributed by atoms with E-state index in [9.17, 15) is 19.2 Å². The maximum Gasteiger partial charge on any atom is 0.411 e. The van der Waals surface area contributed by atoms with Crippen molar-refractivity contribution in [2.75, 3.05) is 11.9 Å². The van der Waals surface area contributed by atoms with Gasteiger partial charge >= 0.3 is 6.09 Å². The van der Waals surface area contributed by atoms with E-state index in [1.54, 1.807) is 17.0 Å². The van der Waals surface area contributed by atoms with Crippen molar-refractivity contribution < 1.29 is 23.9 Å². The first kappa shape index (κ1) is 20.2. The zero-order valence-electron chi connectivity index (χ0n) is 17.4. The van der Waals surface area contributed by atoms with Crippen molar-refractivity contribution in [2.24, 2.45) is 0 Å². The molecule has 0 radical (unpaired) electrons. The van der Waals surface area contributed by atoms with Crippen LogP contribution in [-0.2, 0) is 20.9 Å². The Labute approximate surface area is 174 Å². The standard InChI is InChI=1S/C21H26N4O5/c1-21(2,3)30-20(29)24-9-8-16(24)22-13-4-5-14-12(10-13)11-25(19(14)28)15-6-7-17(26)23-18(15)27/h4-5,10,15-16,22H,6-9,11H2,1-3H3,(H,23,26,27). The highest BCUT2D eigenvalue weighted by Gasteiger charge is 2.39. The second-order valence-electron chi connectivity index (χ2n) is 8.89. The lowest BCUT2D eigenvalue weighted by Gasteiger charge is -2.42. The number of carbonyl (C=O) groups is 4. The zero-order valence-corrected chi connectivity index (χ0v) is 17.4. The Kier molecular flexibility index (Phi) is 4.91. The highest BCUT2D eigenvalue weighted by atomic mass is 16.6. The number of nitrogens with zero attached hydrogens (tertiary/aromatic N) is 2. The van der Waals surface area contributed by atoms with Crippen molar-refractivity contribution in [1.82, 2.24) is 15.1 Å². The molecule has 1 aromatic carbocycles. The molecule has 4 rings (SSSR count). The molecule has 3 aliphatic heterocycles. The molecule has 3 heterocycles. The van der Waals surface area contributed by atoms with Gasteiger partial charge in [0.2, 0.25) is 11.8 Å². The van der Waals surface area contributed by atoms with E-state index in [1.165, 1.54) is 4.90 Å². The Balaban J connectivity index is 1.43. The van der Waals surface area contributed by atoms with Crippen LogP contribution in [0.3, 0.4) is 0 Å². The summed E-state index contributed by atoms with van der Waals surface area (Å²) in [6.45, 7) is 6.44. The van der Waals surface area contributed by atoms with E-state index < -0.39 is 17.6 Å². The molecule has 30 heavy (non-hydrogen) atoms. The minimum atomic E-state index is -0.631. The summed E-state index contributed by atoms with van der Waals surface area (Å²) in [5.74, 6) is -0.930. The van der Waals surface area contributed by atoms with E-state index in [0.717, 1.165) is 17.7 Å². The van der Waals surface area contributed by atoms with E-state index in [1.807, 2.05) is 26.8 Å². The van der Waals surface area contributed by atoms with Gasteiger partial charge in [-0.3, -0.25) is 24.6 Å². The fourth-order valence-corrected chi connectivity index (χ4v) is 3.93. The summed E-state index contributed by atoms with van der Waals surface area (Å²) < 4.78 is 5.43. The molecule has 0 saturated carbocycles. The van der Waals surface area contributed by atoms with Crippen molar-refractivity contribution in [3.05, 3.63) is 29.3 Å². The van der Waals surface area contributed by atoms with Crippen molar-refractivity contribution in [1.29, 1.82) is 0 Å². The zero-order chi connectivity index (χ0) is 21.6. The summed E-state index contributed by atoms with van der Waals surface area (Å²) in [5.41, 5.74) is 1.62. The number of nitrogens with one attached hydrogen (secondary N) is 2. The predicted molar refractivity (Wildman–Crippen MR) is 107 cm³/mol. The molecule has 2 saturated heterocycles. The van der Waals surface area contributed by atoms with E-state index >= 15 is 0 Å². The SMILES string of the molecule is CC(C)(C)OC(=O)N1CCC1Nc1ccc2c(c1)CN(C1CCC(=O)NC1=O)C2=O. The average molecular weight is 414 g/mol. The highest BCUT2D eigenvalue weighted by Crippen LogP contribution is 2.31. The van der Waals surface area contributed by atoms with Gasteiger partial charge in [-0.15, -0.1) is 0 Å². The predicted octanol–water partition coefficient (Wildman–Crippen LogP) is 1.83. The molecule has 1 aromatic rings. The van der Waals surface area contributed by atoms with Crippen molar-refractivity contribution in [2.45, 2.75) is 64.4 Å². The van der Waals surface area contributed by atoms with E-state index in [-0.39, 0.29) is 30.5 Å². The number of anilines is 1. The molecular weight excluding hydrogens is 388 g/mol. The second kappa shape index (κ2) is 7.30. The average Bonchev–Trinajstić information content (AvgIpc) is 2.93. The van der Waals surface area contributed by atoms with Gasteiger partial charge in [0, 0.05) is 37.2 Å². The molecular formula is C21H26N4O5. The number of carbonyl (C=O) groups excluding carboxylic acids is 4. The first-order chi connectivity index (χ1) is 14.1. The van der Waals surface area contributed by atoms with Crippen LogP contribution in [0.15, 0.2) is 18.2 Å². The Morgan fingerprint density at radius 3 is 2.60 bits per heavy atom. The molecule has 0 aliphatic carbocycles. The van der Waals surface area contributed by atoms with Crippen molar-refractivity contribution in [3.63, 3.8) is 0 Å². The van der Waals surface area contributed by atoms with Gasteiger partial charge in [0.1, 0.15) is 17.8 Å². The summed E-state index contributed by atoms with van der Waals surface area (Å²) in [6, 6.07) is 4.79. The van der Waals surface area contributed by atoms with Gasteiger partial charge in [-0.25, -0.2) is 4.79 Å². The minimum absolute atomic E-state index is 0.166. The number of rotatable bonds is 3. The Bertz CT molecular complexity index is 922. The number of ether oxygens (including phenoxy) is 1. The number of hydrogen-bond donors (Lipinski definition) is 2. The number of imide groups is 1. The molecule has 0 bridgehead atoms. The van der Waals surface area contributed by atoms with Crippen LogP contribution in [0.25, 0.3) is 0 Å². The molecule has 9 heteroatoms. The third kappa shape index (κ3) is 3.83. The Hall–Kier alpha value is -3.10. The van der Waals surface area contributed by atoms with Crippen LogP contribution in [-0.4, -0.2) is 58.0 Å². The second-order valence-corrected chi connectivity index (χ2v) is 8.89. The smallest absolute Gasteiger partial charge is 0.411 e. The molecule has 2 unspecified atom stereocenters. The summed E-state index contributed by atoms with van der Waals surface area (Å²) in [4.78, 5) is 51.8. The van der Waals surface area contributed by atoms with Crippen LogP contribution in [0.5, 0.6) is 0 Å². The maximum absolute atomic E-state index is 12.8. The third-order valence-electron chi connectivity index (χ3n) is 5.50. The summed E-state index contributed by atoms with van der Waals surface area (Å²) in [7, 11) is 0. The number of likely N-dealkylation sites (tertiary alicyclic amines) is 1. The van der Waals surface area contributed by atoms with Crippen LogP contribution < -0.4 is 10.6 Å². The number of benzene rings is 1. The van der Waals surface area contributed by atoms with E-state index in [0.29, 0.717) is 25.1 Å². The molecule has 3 aliphatic rings. The molecule has 2 atom stereocenters. The molecule has 2 N–H and O–H groups in total. The van der Waals surface area contributed by atoms with Crippen LogP contribution in [0, 0.1) is 0 Å². The van der Waals surface area contributed by atoms with Gasteiger partial charge in [-0.1, -0.05) is 0 Å². The van der Waals surface area contributed by atoms with E-state index in [4.69, 9.17) is 4.74 Å². The summed E-state index contributed by atoms with van der Waals surface area (Å²) >= 11 is 0. The molecule has 2 fully saturated rings. The van der Waals surface area contributed by atoms with Crippen LogP contribution >= 0.6 is 0 Å². The highest BCUT2D eigenvalue weighted by molar-refractivity contribution is 6.05. The van der Waals surface area contributed by atoms with Gasteiger partial charge in [0.15, 0.2) is 0 Å². The molecule has 0 spiro atoms. The van der Waals surface area contributed by atoms with Crippen LogP contribution in [0.1, 0.15) is 56.0 Å². The quantitative estimate of drug-likeness (QED) is 0.731. The monoisotopic (exact) mass is 414 g/mol. The van der Waals surface area contributed by atoms with Gasteiger partial charge in [-0.05, 0) is 51.0 Å². The van der Waals surface area contributed by atoms with Gasteiger partial charge < -0.3 is 15.0 Å². The Morgan fingerprint density at radius 1 is 1.20 bits per heavy atom. The van der Waals surface area contributed by atoms with Gasteiger partial charge in [-0.2, -0.15) is 0 Å². The molecule has 160 valence electrons. The first-order valence-electron chi connectivity index (χ1n) is 10.2. The summed E-state index contributed by atoms with van der Waals surface area (Å²) in [5, 5.41) is 5.62. The minimum Gasteiger partial charge on any atom is -0.444 e. The molecule has 4 amide bonds. The fraction of sp³-hybridized carbons (Fsp3) is 0.524. The van der Waals surface area contributed by atoms with Gasteiger partial charge in [0.05, 0.1) is 0 Å². The van der Waals surface area contributed by atoms with Crippen LogP contribution in [0.2, 0.25) is 0 Å². The number of piperidine rings is 1. The molecule has 0 aromatic heterocycles. The number of fused-ring (bicyclic) bond motifs is 1. The largest absolute Gasteiger partial charge is 0.444 e. The molecule has 9 nitrogen and oxygen atoms in total. The topological polar surface area (TPSA) is 108 Å². The first-order valence-corrected chi connectivity index (χ1v) is 10.2. The number of amides is 4. The Morgan fingerprint density at radius 2 is 1.97 bits per heavy atom. The van der Waals surface area contributed by atoms with Crippen molar-refractivity contribution >= 4 is 29.5 Å². The lowest BCUT2D eigenvalue weighted by molar-refractivity contribution is -0.136. The maximum atomic E-state index is 12.8. The van der Waals surface area contributed by atoms with Crippen molar-refractivity contribution in [3.8, 4) is 0 Å². The van der Waals surface area contributed by atoms with Gasteiger partial charge in [0.25, 0.3) is 5.91 Å². The van der Waals surface area contributed by atoms with Crippen LogP contribution in [0.4, 0.5) is 10.5 Å². The summed E-state index contributed by atoms with van der Waals surface area (Å²) in [6.07, 6.45) is 0.846. The number of hydrogen-bond acceptors (Lipinski definition) is 6. The lowest BCUT2D eigenvalue weighted by Crippen LogP contribution is -2.56. The lowest BCUT2D eigenvalue weighted by atomic mass is 10.0.